The molecular weight excluding hydrogens is 181 g/mol. The Balaban J connectivity index is 2.17. The SMILES string of the molecule is [NH3+]C1CO[B-](O)(c2ccccc2)OC1. The summed E-state index contributed by atoms with van der Waals surface area (Å²) in [6, 6.07) is 9.26. The summed E-state index contributed by atoms with van der Waals surface area (Å²) in [5, 5.41) is 10.1. The van der Waals surface area contributed by atoms with E-state index in [-0.39, 0.29) is 6.04 Å². The Morgan fingerprint density at radius 2 is 1.79 bits per heavy atom. The summed E-state index contributed by atoms with van der Waals surface area (Å²) >= 11 is 0. The molecule has 0 spiro atoms. The molecule has 1 heterocycles. The van der Waals surface area contributed by atoms with Gasteiger partial charge in [0.15, 0.2) is 0 Å². The third-order valence-electron chi connectivity index (χ3n) is 2.34. The van der Waals surface area contributed by atoms with Crippen LogP contribution in [0.5, 0.6) is 0 Å². The molecule has 76 valence electrons. The number of hydrogen-bond acceptors (Lipinski definition) is 3. The highest BCUT2D eigenvalue weighted by Crippen LogP contribution is 2.09. The van der Waals surface area contributed by atoms with E-state index in [9.17, 15) is 5.02 Å². The number of hydrogen-bond donors (Lipinski definition) is 2. The maximum atomic E-state index is 10.1. The van der Waals surface area contributed by atoms with Crippen LogP contribution in [-0.4, -0.2) is 31.0 Å². The highest BCUT2D eigenvalue weighted by atomic mass is 16.7. The molecule has 4 N–H and O–H groups in total. The third kappa shape index (κ3) is 1.81. The fourth-order valence-electron chi connectivity index (χ4n) is 1.52. The number of quaternary nitrogens is 1. The lowest BCUT2D eigenvalue weighted by atomic mass is 9.69. The molecule has 0 atom stereocenters. The van der Waals surface area contributed by atoms with Crippen LogP contribution in [0.15, 0.2) is 30.3 Å². The highest BCUT2D eigenvalue weighted by molar-refractivity contribution is 6.74. The van der Waals surface area contributed by atoms with Gasteiger partial charge in [0.25, 0.3) is 0 Å². The van der Waals surface area contributed by atoms with Crippen molar-refractivity contribution in [2.75, 3.05) is 13.2 Å². The molecule has 5 heteroatoms. The molecule has 0 radical (unpaired) electrons. The topological polar surface area (TPSA) is 66.3 Å². The molecule has 1 saturated heterocycles. The molecule has 1 aliphatic heterocycles. The lowest BCUT2D eigenvalue weighted by Gasteiger charge is -2.41. The van der Waals surface area contributed by atoms with Crippen molar-refractivity contribution in [1.29, 1.82) is 0 Å². The lowest BCUT2D eigenvalue weighted by Crippen LogP contribution is -2.72. The molecule has 0 unspecified atom stereocenters. The molecular formula is C9H14BNO3. The van der Waals surface area contributed by atoms with Gasteiger partial charge in [-0.1, -0.05) is 30.3 Å². The minimum Gasteiger partial charge on any atom is -0.555 e. The first-order valence-corrected chi connectivity index (χ1v) is 4.73. The first-order chi connectivity index (χ1) is 6.71. The molecule has 1 aromatic carbocycles. The van der Waals surface area contributed by atoms with Crippen molar-refractivity contribution in [2.24, 2.45) is 0 Å². The summed E-state index contributed by atoms with van der Waals surface area (Å²) in [7, 11) is 0. The predicted octanol–water partition coefficient (Wildman–Crippen LogP) is -1.52. The minimum absolute atomic E-state index is 0.0980. The van der Waals surface area contributed by atoms with E-state index in [4.69, 9.17) is 9.31 Å². The van der Waals surface area contributed by atoms with Gasteiger partial charge in [-0.15, -0.1) is 5.46 Å². The largest absolute Gasteiger partial charge is 0.555 e. The van der Waals surface area contributed by atoms with E-state index in [0.29, 0.717) is 18.7 Å². The van der Waals surface area contributed by atoms with Crippen molar-refractivity contribution in [2.45, 2.75) is 6.04 Å². The Bertz CT molecular complexity index is 298. The van der Waals surface area contributed by atoms with Crippen molar-refractivity contribution in [3.05, 3.63) is 30.3 Å². The van der Waals surface area contributed by atoms with E-state index in [2.05, 4.69) is 5.73 Å². The monoisotopic (exact) mass is 195 g/mol. The second kappa shape index (κ2) is 3.71. The summed E-state index contributed by atoms with van der Waals surface area (Å²) in [6.45, 7) is -1.39. The van der Waals surface area contributed by atoms with Crippen molar-refractivity contribution in [1.82, 2.24) is 0 Å². The first-order valence-electron chi connectivity index (χ1n) is 4.73. The Kier molecular flexibility index (Phi) is 2.56. The Hall–Kier alpha value is -0.875. The fourth-order valence-corrected chi connectivity index (χ4v) is 1.52. The van der Waals surface area contributed by atoms with Crippen LogP contribution in [0, 0.1) is 0 Å². The van der Waals surface area contributed by atoms with Crippen LogP contribution in [0.1, 0.15) is 0 Å². The van der Waals surface area contributed by atoms with Crippen LogP contribution in [0.2, 0.25) is 0 Å². The summed E-state index contributed by atoms with van der Waals surface area (Å²) in [6.07, 6.45) is 0. The van der Waals surface area contributed by atoms with Crippen molar-refractivity contribution in [3.63, 3.8) is 0 Å². The van der Waals surface area contributed by atoms with Gasteiger partial charge in [-0.05, 0) is 0 Å². The Morgan fingerprint density at radius 1 is 1.21 bits per heavy atom. The van der Waals surface area contributed by atoms with E-state index in [1.54, 1.807) is 12.1 Å². The molecule has 4 nitrogen and oxygen atoms in total. The summed E-state index contributed by atoms with van der Waals surface area (Å²) in [5.74, 6) is 0. The normalized spacial score (nSPS) is 32.9. The fraction of sp³-hybridized carbons (Fsp3) is 0.333. The average molecular weight is 195 g/mol. The molecule has 1 aliphatic rings. The van der Waals surface area contributed by atoms with Crippen LogP contribution < -0.4 is 11.2 Å². The lowest BCUT2D eigenvalue weighted by molar-refractivity contribution is -0.435. The maximum absolute atomic E-state index is 10.1. The Morgan fingerprint density at radius 3 is 2.36 bits per heavy atom. The Labute approximate surface area is 82.6 Å². The van der Waals surface area contributed by atoms with Gasteiger partial charge in [0.05, 0.1) is 13.2 Å². The van der Waals surface area contributed by atoms with E-state index in [1.165, 1.54) is 0 Å². The highest BCUT2D eigenvalue weighted by Gasteiger charge is 2.32. The van der Waals surface area contributed by atoms with Gasteiger partial charge in [-0.25, -0.2) is 0 Å². The third-order valence-corrected chi connectivity index (χ3v) is 2.34. The molecule has 0 amide bonds. The predicted molar refractivity (Wildman–Crippen MR) is 52.6 cm³/mol. The second-order valence-electron chi connectivity index (χ2n) is 3.62. The van der Waals surface area contributed by atoms with Gasteiger partial charge >= 0.3 is 6.75 Å². The van der Waals surface area contributed by atoms with Crippen LogP contribution in [0.25, 0.3) is 0 Å². The van der Waals surface area contributed by atoms with E-state index in [1.807, 2.05) is 18.2 Å². The number of benzene rings is 1. The van der Waals surface area contributed by atoms with E-state index in [0.717, 1.165) is 0 Å². The average Bonchev–Trinajstić information content (AvgIpc) is 2.24. The molecule has 2 rings (SSSR count). The molecule has 1 aromatic rings. The standard InChI is InChI=1S/C9H13BNO3/c11-9-6-13-10(12,14-7-9)8-4-2-1-3-5-8/h1-5,9,12H,6-7,11H2/q-1/p+1. The van der Waals surface area contributed by atoms with Crippen molar-refractivity contribution in [3.8, 4) is 0 Å². The van der Waals surface area contributed by atoms with Gasteiger partial charge in [0.2, 0.25) is 0 Å². The zero-order valence-corrected chi connectivity index (χ0v) is 7.93. The van der Waals surface area contributed by atoms with Gasteiger partial charge < -0.3 is 20.1 Å². The van der Waals surface area contributed by atoms with Crippen molar-refractivity contribution >= 4 is 12.2 Å². The molecule has 0 saturated carbocycles. The van der Waals surface area contributed by atoms with Crippen molar-refractivity contribution < 1.29 is 20.1 Å². The van der Waals surface area contributed by atoms with Gasteiger partial charge in [0.1, 0.15) is 6.04 Å². The second-order valence-corrected chi connectivity index (χ2v) is 3.62. The number of rotatable bonds is 1. The molecule has 14 heavy (non-hydrogen) atoms. The van der Waals surface area contributed by atoms with Gasteiger partial charge in [-0.2, -0.15) is 0 Å². The zero-order chi connectivity index (χ0) is 10.0. The zero-order valence-electron chi connectivity index (χ0n) is 7.93. The van der Waals surface area contributed by atoms with Crippen LogP contribution >= 0.6 is 0 Å². The molecule has 0 aromatic heterocycles. The smallest absolute Gasteiger partial charge is 0.407 e. The summed E-state index contributed by atoms with van der Waals surface area (Å²) in [5.41, 5.74) is 4.49. The molecule has 0 bridgehead atoms. The minimum atomic E-state index is -2.27. The van der Waals surface area contributed by atoms with Crippen LogP contribution in [-0.2, 0) is 9.31 Å². The van der Waals surface area contributed by atoms with E-state index < -0.39 is 6.75 Å². The quantitative estimate of drug-likeness (QED) is 0.535. The van der Waals surface area contributed by atoms with Gasteiger partial charge in [0, 0.05) is 0 Å². The summed E-state index contributed by atoms with van der Waals surface area (Å²) in [4.78, 5) is 0. The van der Waals surface area contributed by atoms with Gasteiger partial charge in [-0.3, -0.25) is 0 Å². The summed E-state index contributed by atoms with van der Waals surface area (Å²) < 4.78 is 10.6. The molecule has 1 fully saturated rings. The maximum Gasteiger partial charge on any atom is 0.407 e. The van der Waals surface area contributed by atoms with Crippen LogP contribution in [0.4, 0.5) is 0 Å². The van der Waals surface area contributed by atoms with Crippen LogP contribution in [0.3, 0.4) is 0 Å². The first kappa shape index (κ1) is 9.67. The van der Waals surface area contributed by atoms with E-state index >= 15 is 0 Å². The molecule has 0 aliphatic carbocycles.